The van der Waals surface area contributed by atoms with Gasteiger partial charge < -0.3 is 10.7 Å². The van der Waals surface area contributed by atoms with E-state index in [2.05, 4.69) is 0 Å². The number of halogens is 2. The third kappa shape index (κ3) is 2.65. The predicted molar refractivity (Wildman–Crippen MR) is 44.0 cm³/mol. The Bertz CT molecular complexity index is 165. The highest BCUT2D eigenvalue weighted by molar-refractivity contribution is 5.12. The van der Waals surface area contributed by atoms with Gasteiger partial charge in [-0.25, -0.2) is 14.6 Å². The van der Waals surface area contributed by atoms with Crippen LogP contribution in [0.5, 0.6) is 0 Å². The van der Waals surface area contributed by atoms with Crippen LogP contribution in [0.25, 0.3) is 0 Å². The molecule has 0 unspecified atom stereocenters. The van der Waals surface area contributed by atoms with Crippen molar-refractivity contribution in [2.45, 2.75) is 20.3 Å². The van der Waals surface area contributed by atoms with E-state index in [1.807, 2.05) is 0 Å². The molecule has 0 bridgehead atoms. The van der Waals surface area contributed by atoms with Gasteiger partial charge in [0.05, 0.1) is 0 Å². The molecule has 0 aliphatic rings. The van der Waals surface area contributed by atoms with Gasteiger partial charge in [0.1, 0.15) is 5.70 Å². The van der Waals surface area contributed by atoms with E-state index in [0.29, 0.717) is 0 Å². The van der Waals surface area contributed by atoms with Crippen LogP contribution in [-0.4, -0.2) is 18.5 Å². The third-order valence-corrected chi connectivity index (χ3v) is 1.50. The van der Waals surface area contributed by atoms with Crippen molar-refractivity contribution >= 4 is 0 Å². The number of rotatable bonds is 3. The molecule has 12 heavy (non-hydrogen) atoms. The molecule has 0 atom stereocenters. The molecule has 0 rings (SSSR count). The molecule has 0 fully saturated rings. The van der Waals surface area contributed by atoms with E-state index in [9.17, 15) is 8.78 Å². The zero-order chi connectivity index (χ0) is 9.89. The summed E-state index contributed by atoms with van der Waals surface area (Å²) in [7, 11) is 1.34. The lowest BCUT2D eigenvalue weighted by Crippen LogP contribution is -2.33. The number of hydrogen-bond donors (Lipinski definition) is 2. The molecule has 0 heterocycles. The molecule has 0 saturated carbocycles. The normalized spacial score (nSPS) is 13.7. The van der Waals surface area contributed by atoms with Crippen molar-refractivity contribution in [1.82, 2.24) is 5.01 Å². The number of allylic oxidation sites excluding steroid dienone is 2. The third-order valence-electron chi connectivity index (χ3n) is 1.50. The van der Waals surface area contributed by atoms with Gasteiger partial charge in [0.15, 0.2) is 0 Å². The molecular formula is C7H15F2N3. The quantitative estimate of drug-likeness (QED) is 0.499. The van der Waals surface area contributed by atoms with E-state index in [1.165, 1.54) is 7.05 Å². The summed E-state index contributed by atoms with van der Waals surface area (Å²) >= 11 is 0. The van der Waals surface area contributed by atoms with Crippen molar-refractivity contribution in [2.24, 2.45) is 17.5 Å². The topological polar surface area (TPSA) is 55.3 Å². The van der Waals surface area contributed by atoms with Gasteiger partial charge in [-0.15, -0.1) is 0 Å². The number of nitrogens with zero attached hydrogens (tertiary/aromatic N) is 1. The second-order valence-electron chi connectivity index (χ2n) is 2.91. The Morgan fingerprint density at radius 1 is 1.33 bits per heavy atom. The van der Waals surface area contributed by atoms with Crippen LogP contribution in [0.1, 0.15) is 13.8 Å². The van der Waals surface area contributed by atoms with Gasteiger partial charge in [0.25, 0.3) is 6.43 Å². The van der Waals surface area contributed by atoms with Gasteiger partial charge >= 0.3 is 0 Å². The van der Waals surface area contributed by atoms with Gasteiger partial charge in [-0.2, -0.15) is 0 Å². The van der Waals surface area contributed by atoms with Crippen molar-refractivity contribution in [3.05, 3.63) is 11.4 Å². The first-order chi connectivity index (χ1) is 5.37. The van der Waals surface area contributed by atoms with Gasteiger partial charge in [0.2, 0.25) is 0 Å². The van der Waals surface area contributed by atoms with Crippen molar-refractivity contribution in [2.75, 3.05) is 7.05 Å². The molecule has 0 aliphatic carbocycles. The minimum absolute atomic E-state index is 0.125. The van der Waals surface area contributed by atoms with Crippen molar-refractivity contribution in [3.63, 3.8) is 0 Å². The second kappa shape index (κ2) is 4.25. The first-order valence-corrected chi connectivity index (χ1v) is 3.64. The molecule has 0 aromatic carbocycles. The lowest BCUT2D eigenvalue weighted by atomic mass is 10.1. The maximum Gasteiger partial charge on any atom is 0.281 e. The van der Waals surface area contributed by atoms with Crippen LogP contribution in [0.3, 0.4) is 0 Å². The first kappa shape index (κ1) is 11.2. The van der Waals surface area contributed by atoms with E-state index >= 15 is 0 Å². The van der Waals surface area contributed by atoms with E-state index in [1.54, 1.807) is 13.8 Å². The fourth-order valence-electron chi connectivity index (χ4n) is 0.779. The highest BCUT2D eigenvalue weighted by atomic mass is 19.3. The van der Waals surface area contributed by atoms with E-state index in [4.69, 9.17) is 11.6 Å². The lowest BCUT2D eigenvalue weighted by molar-refractivity contribution is 0.145. The summed E-state index contributed by atoms with van der Waals surface area (Å²) in [6, 6.07) is 0. The molecule has 0 aliphatic heterocycles. The number of alkyl halides is 2. The van der Waals surface area contributed by atoms with Crippen LogP contribution >= 0.6 is 0 Å². The largest absolute Gasteiger partial charge is 0.400 e. The smallest absolute Gasteiger partial charge is 0.281 e. The average molecular weight is 179 g/mol. The summed E-state index contributed by atoms with van der Waals surface area (Å²) in [6.45, 7) is 3.47. The number of hydrazine groups is 1. The standard InChI is InChI=1S/C7H15F2N3/c1-4(2)5(10)6(7(8)9)12(3)11/h4,7H,10-11H2,1-3H3/b6-5-. The molecule has 0 aromatic heterocycles. The maximum absolute atomic E-state index is 12.3. The van der Waals surface area contributed by atoms with Crippen LogP contribution in [0.15, 0.2) is 11.4 Å². The molecule has 72 valence electrons. The SMILES string of the molecule is CC(C)/C(N)=C(\C(F)F)N(C)N. The molecule has 3 nitrogen and oxygen atoms in total. The van der Waals surface area contributed by atoms with Gasteiger partial charge in [-0.3, -0.25) is 0 Å². The maximum atomic E-state index is 12.3. The second-order valence-corrected chi connectivity index (χ2v) is 2.91. The van der Waals surface area contributed by atoms with E-state index in [0.717, 1.165) is 5.01 Å². The van der Waals surface area contributed by atoms with Crippen molar-refractivity contribution < 1.29 is 8.78 Å². The number of hydrogen-bond acceptors (Lipinski definition) is 3. The Labute approximate surface area is 71.0 Å². The first-order valence-electron chi connectivity index (χ1n) is 3.64. The molecule has 0 spiro atoms. The average Bonchev–Trinajstić information content (AvgIpc) is 1.85. The molecule has 0 aromatic rings. The lowest BCUT2D eigenvalue weighted by Gasteiger charge is -2.20. The van der Waals surface area contributed by atoms with Crippen molar-refractivity contribution in [3.8, 4) is 0 Å². The minimum Gasteiger partial charge on any atom is -0.400 e. The Kier molecular flexibility index (Phi) is 3.95. The zero-order valence-corrected chi connectivity index (χ0v) is 7.51. The summed E-state index contributed by atoms with van der Waals surface area (Å²) in [5.74, 6) is 5.07. The van der Waals surface area contributed by atoms with Crippen LogP contribution < -0.4 is 11.6 Å². The zero-order valence-electron chi connectivity index (χ0n) is 7.51. The Morgan fingerprint density at radius 3 is 1.83 bits per heavy atom. The van der Waals surface area contributed by atoms with Crippen molar-refractivity contribution in [1.29, 1.82) is 0 Å². The molecule has 0 saturated heterocycles. The minimum atomic E-state index is -2.62. The summed E-state index contributed by atoms with van der Waals surface area (Å²) in [4.78, 5) is 0. The predicted octanol–water partition coefficient (Wildman–Crippen LogP) is 0.883. The molecule has 0 radical (unpaired) electrons. The van der Waals surface area contributed by atoms with Crippen LogP contribution in [-0.2, 0) is 0 Å². The fourth-order valence-corrected chi connectivity index (χ4v) is 0.779. The summed E-state index contributed by atoms with van der Waals surface area (Å²) in [5, 5.41) is 0.861. The Morgan fingerprint density at radius 2 is 1.75 bits per heavy atom. The fraction of sp³-hybridized carbons (Fsp3) is 0.714. The van der Waals surface area contributed by atoms with Gasteiger partial charge in [0, 0.05) is 12.7 Å². The molecular weight excluding hydrogens is 164 g/mol. The molecule has 0 amide bonds. The highest BCUT2D eigenvalue weighted by Crippen LogP contribution is 2.16. The van der Waals surface area contributed by atoms with Crippen LogP contribution in [0.4, 0.5) is 8.78 Å². The monoisotopic (exact) mass is 179 g/mol. The Hall–Kier alpha value is -0.840. The highest BCUT2D eigenvalue weighted by Gasteiger charge is 2.19. The molecule has 5 heteroatoms. The van der Waals surface area contributed by atoms with E-state index < -0.39 is 6.43 Å². The van der Waals surface area contributed by atoms with Crippen LogP contribution in [0.2, 0.25) is 0 Å². The summed E-state index contributed by atoms with van der Waals surface area (Å²) in [5.41, 5.74) is 5.27. The summed E-state index contributed by atoms with van der Waals surface area (Å²) < 4.78 is 24.6. The van der Waals surface area contributed by atoms with Gasteiger partial charge in [-0.1, -0.05) is 13.8 Å². The summed E-state index contributed by atoms with van der Waals surface area (Å²) in [6.07, 6.45) is -2.62. The van der Waals surface area contributed by atoms with Crippen LogP contribution in [0, 0.1) is 5.92 Å². The van der Waals surface area contributed by atoms with Gasteiger partial charge in [-0.05, 0) is 5.92 Å². The molecule has 4 N–H and O–H groups in total. The Balaban J connectivity index is 4.81. The van der Waals surface area contributed by atoms with E-state index in [-0.39, 0.29) is 17.3 Å². The number of nitrogens with two attached hydrogens (primary N) is 2.